The first kappa shape index (κ1) is 23.8. The number of nitriles is 1. The largest absolute Gasteiger partial charge is 0.381 e. The van der Waals surface area contributed by atoms with E-state index in [0.717, 1.165) is 67.4 Å². The Morgan fingerprint density at radius 3 is 2.74 bits per heavy atom. The Kier molecular flexibility index (Phi) is 7.47. The topological polar surface area (TPSA) is 87.8 Å². The lowest BCUT2D eigenvalue weighted by Crippen LogP contribution is -2.34. The maximum absolute atomic E-state index is 9.25. The van der Waals surface area contributed by atoms with E-state index in [9.17, 15) is 5.26 Å². The molecule has 0 aliphatic carbocycles. The molecule has 0 spiro atoms. The molecule has 1 saturated heterocycles. The molecule has 4 rings (SSSR count). The van der Waals surface area contributed by atoms with E-state index in [1.165, 1.54) is 5.56 Å². The van der Waals surface area contributed by atoms with Crippen LogP contribution in [0.3, 0.4) is 0 Å². The molecule has 1 aliphatic rings. The molecule has 7 nitrogen and oxygen atoms in total. The highest BCUT2D eigenvalue weighted by atomic mass is 16.5. The Labute approximate surface area is 201 Å². The summed E-state index contributed by atoms with van der Waals surface area (Å²) >= 11 is 0. The molecule has 34 heavy (non-hydrogen) atoms. The Morgan fingerprint density at radius 1 is 1.21 bits per heavy atom. The summed E-state index contributed by atoms with van der Waals surface area (Å²) < 4.78 is 7.59. The maximum Gasteiger partial charge on any atom is 0.186 e. The van der Waals surface area contributed by atoms with E-state index in [0.29, 0.717) is 12.6 Å². The normalized spacial score (nSPS) is 14.4. The third-order valence-electron chi connectivity index (χ3n) is 6.21. The van der Waals surface area contributed by atoms with Crippen LogP contribution in [0.4, 0.5) is 5.69 Å². The second kappa shape index (κ2) is 10.7. The average molecular weight is 457 g/mol. The van der Waals surface area contributed by atoms with Gasteiger partial charge in [0.05, 0.1) is 46.6 Å². The fraction of sp³-hybridized carbons (Fsp3) is 0.444. The molecular weight excluding hydrogens is 424 g/mol. The molecule has 0 amide bonds. The van der Waals surface area contributed by atoms with Crippen molar-refractivity contribution in [3.05, 3.63) is 53.6 Å². The molecule has 1 aliphatic heterocycles. The predicted octanol–water partition coefficient (Wildman–Crippen LogP) is 3.98. The van der Waals surface area contributed by atoms with E-state index >= 15 is 0 Å². The van der Waals surface area contributed by atoms with Gasteiger partial charge in [0.15, 0.2) is 5.82 Å². The number of nitrogens with one attached hydrogen (secondary N) is 2. The maximum atomic E-state index is 9.25. The van der Waals surface area contributed by atoms with Crippen molar-refractivity contribution in [1.29, 1.82) is 5.26 Å². The van der Waals surface area contributed by atoms with Crippen molar-refractivity contribution in [3.8, 4) is 17.9 Å². The Bertz CT molecular complexity index is 1220. The first-order valence-corrected chi connectivity index (χ1v) is 11.9. The summed E-state index contributed by atoms with van der Waals surface area (Å²) in [7, 11) is 0. The van der Waals surface area contributed by atoms with Crippen LogP contribution < -0.4 is 10.6 Å². The van der Waals surface area contributed by atoms with Gasteiger partial charge >= 0.3 is 0 Å². The number of fused-ring (bicyclic) bond motifs is 1. The van der Waals surface area contributed by atoms with Gasteiger partial charge in [0.2, 0.25) is 0 Å². The average Bonchev–Trinajstić information content (AvgIpc) is 3.22. The molecule has 3 aromatic rings. The fourth-order valence-electron chi connectivity index (χ4n) is 4.06. The summed E-state index contributed by atoms with van der Waals surface area (Å²) in [6.07, 6.45) is 3.88. The highest BCUT2D eigenvalue weighted by Crippen LogP contribution is 2.21. The number of imidazole rings is 1. The number of rotatable bonds is 7. The quantitative estimate of drug-likeness (QED) is 0.523. The number of benzene rings is 1. The van der Waals surface area contributed by atoms with Gasteiger partial charge in [-0.2, -0.15) is 5.26 Å². The van der Waals surface area contributed by atoms with Crippen molar-refractivity contribution in [2.75, 3.05) is 25.1 Å². The van der Waals surface area contributed by atoms with Crippen LogP contribution >= 0.6 is 0 Å². The van der Waals surface area contributed by atoms with Crippen LogP contribution in [-0.4, -0.2) is 40.3 Å². The molecule has 0 atom stereocenters. The zero-order chi connectivity index (χ0) is 24.0. The van der Waals surface area contributed by atoms with Crippen molar-refractivity contribution in [2.24, 2.45) is 0 Å². The first-order valence-electron chi connectivity index (χ1n) is 11.9. The van der Waals surface area contributed by atoms with Gasteiger partial charge < -0.3 is 19.9 Å². The Hall–Kier alpha value is -3.39. The Balaban J connectivity index is 1.40. The molecule has 1 aromatic carbocycles. The molecule has 0 saturated carbocycles. The molecule has 7 heteroatoms. The number of aromatic nitrogens is 3. The van der Waals surface area contributed by atoms with Gasteiger partial charge in [0, 0.05) is 32.3 Å². The van der Waals surface area contributed by atoms with E-state index in [2.05, 4.69) is 63.2 Å². The number of aryl methyl sites for hydroxylation is 1. The SMILES string of the molecule is CCn1c(C#CCNc2ccc(C(C)(C)C#N)nc2)nc2cc(CNC3CCOCC3)ccc21. The lowest BCUT2D eigenvalue weighted by molar-refractivity contribution is 0.0776. The molecule has 176 valence electrons. The van der Waals surface area contributed by atoms with Crippen LogP contribution in [0.5, 0.6) is 0 Å². The highest BCUT2D eigenvalue weighted by molar-refractivity contribution is 5.77. The van der Waals surface area contributed by atoms with Gasteiger partial charge in [0.25, 0.3) is 0 Å². The van der Waals surface area contributed by atoms with Crippen molar-refractivity contribution >= 4 is 16.7 Å². The molecule has 0 bridgehead atoms. The zero-order valence-electron chi connectivity index (χ0n) is 20.2. The molecule has 0 unspecified atom stereocenters. The zero-order valence-corrected chi connectivity index (χ0v) is 20.2. The van der Waals surface area contributed by atoms with Gasteiger partial charge in [-0.3, -0.25) is 4.98 Å². The molecule has 3 heterocycles. The minimum Gasteiger partial charge on any atom is -0.381 e. The summed E-state index contributed by atoms with van der Waals surface area (Å²) in [6, 6.07) is 13.1. The van der Waals surface area contributed by atoms with Crippen LogP contribution in [0.15, 0.2) is 36.5 Å². The first-order chi connectivity index (χ1) is 16.5. The number of hydrogen-bond acceptors (Lipinski definition) is 6. The van der Waals surface area contributed by atoms with Crippen LogP contribution in [0.1, 0.15) is 50.7 Å². The molecule has 2 N–H and O–H groups in total. The van der Waals surface area contributed by atoms with Gasteiger partial charge in [-0.15, -0.1) is 0 Å². The van der Waals surface area contributed by atoms with E-state index in [-0.39, 0.29) is 0 Å². The minimum atomic E-state index is -0.599. The van der Waals surface area contributed by atoms with E-state index in [1.807, 2.05) is 26.0 Å². The monoisotopic (exact) mass is 456 g/mol. The molecular formula is C27H32N6O. The van der Waals surface area contributed by atoms with Gasteiger partial charge in [-0.05, 0) is 69.4 Å². The minimum absolute atomic E-state index is 0.482. The predicted molar refractivity (Wildman–Crippen MR) is 134 cm³/mol. The number of ether oxygens (including phenoxy) is 1. The highest BCUT2D eigenvalue weighted by Gasteiger charge is 2.20. The summed E-state index contributed by atoms with van der Waals surface area (Å²) in [5.41, 5.74) is 4.34. The van der Waals surface area contributed by atoms with Crippen molar-refractivity contribution in [1.82, 2.24) is 19.9 Å². The van der Waals surface area contributed by atoms with Crippen molar-refractivity contribution in [2.45, 2.75) is 58.2 Å². The standard InChI is InChI=1S/C27H32N6O/c1-4-33-24-9-7-20(17-30-21-11-14-34-15-12-21)16-23(24)32-26(33)6-5-13-29-22-8-10-25(31-18-22)27(2,3)19-28/h7-10,16,18,21,29-30H,4,11-15,17H2,1-3H3. The molecule has 0 radical (unpaired) electrons. The second-order valence-corrected chi connectivity index (χ2v) is 9.09. The lowest BCUT2D eigenvalue weighted by Gasteiger charge is -2.23. The third-order valence-corrected chi connectivity index (χ3v) is 6.21. The fourth-order valence-corrected chi connectivity index (χ4v) is 4.06. The van der Waals surface area contributed by atoms with Crippen LogP contribution in [0.2, 0.25) is 0 Å². The number of anilines is 1. The number of nitrogens with zero attached hydrogens (tertiary/aromatic N) is 4. The second-order valence-electron chi connectivity index (χ2n) is 9.09. The van der Waals surface area contributed by atoms with E-state index in [4.69, 9.17) is 9.72 Å². The van der Waals surface area contributed by atoms with Crippen LogP contribution in [0, 0.1) is 23.2 Å². The molecule has 1 fully saturated rings. The van der Waals surface area contributed by atoms with Crippen LogP contribution in [0.25, 0.3) is 11.0 Å². The summed E-state index contributed by atoms with van der Waals surface area (Å²) in [6.45, 7) is 9.65. The van der Waals surface area contributed by atoms with Gasteiger partial charge in [0.1, 0.15) is 0 Å². The summed E-state index contributed by atoms with van der Waals surface area (Å²) in [5, 5.41) is 16.2. The van der Waals surface area contributed by atoms with Crippen molar-refractivity contribution in [3.63, 3.8) is 0 Å². The van der Waals surface area contributed by atoms with E-state index in [1.54, 1.807) is 6.20 Å². The lowest BCUT2D eigenvalue weighted by atomic mass is 9.91. The van der Waals surface area contributed by atoms with Gasteiger partial charge in [-0.1, -0.05) is 12.0 Å². The summed E-state index contributed by atoms with van der Waals surface area (Å²) in [5.74, 6) is 7.17. The number of pyridine rings is 1. The van der Waals surface area contributed by atoms with Crippen LogP contribution in [-0.2, 0) is 23.2 Å². The van der Waals surface area contributed by atoms with E-state index < -0.39 is 5.41 Å². The Morgan fingerprint density at radius 2 is 2.03 bits per heavy atom. The smallest absolute Gasteiger partial charge is 0.186 e. The third kappa shape index (κ3) is 5.56. The van der Waals surface area contributed by atoms with Gasteiger partial charge in [-0.25, -0.2) is 4.98 Å². The number of hydrogen-bond donors (Lipinski definition) is 2. The summed E-state index contributed by atoms with van der Waals surface area (Å²) in [4.78, 5) is 9.21. The van der Waals surface area contributed by atoms with Crippen molar-refractivity contribution < 1.29 is 4.74 Å². The molecule has 2 aromatic heterocycles.